The number of rotatable bonds is 6. The maximum Gasteiger partial charge on any atom is 0.0499 e. The van der Waals surface area contributed by atoms with Crippen molar-refractivity contribution in [3.05, 3.63) is 35.2 Å². The van der Waals surface area contributed by atoms with Gasteiger partial charge in [0.05, 0.1) is 0 Å². The van der Waals surface area contributed by atoms with Gasteiger partial charge in [0.25, 0.3) is 0 Å². The average Bonchev–Trinajstić information content (AvgIpc) is 2.73. The molecule has 1 unspecified atom stereocenters. The summed E-state index contributed by atoms with van der Waals surface area (Å²) in [5, 5.41) is 7.12. The Morgan fingerprint density at radius 2 is 2.18 bits per heavy atom. The van der Waals surface area contributed by atoms with Gasteiger partial charge in [0.2, 0.25) is 0 Å². The molecule has 0 amide bonds. The van der Waals surface area contributed by atoms with Crippen LogP contribution in [0.1, 0.15) is 12.5 Å². The number of methoxy groups -OCH3 is 1. The van der Waals surface area contributed by atoms with Gasteiger partial charge in [-0.1, -0.05) is 25.1 Å². The monoisotopic (exact) mass is 249 g/mol. The van der Waals surface area contributed by atoms with Gasteiger partial charge < -0.3 is 10.1 Å². The maximum atomic E-state index is 5.12. The molecule has 0 spiro atoms. The maximum absolute atomic E-state index is 5.12. The molecule has 1 aromatic heterocycles. The van der Waals surface area contributed by atoms with Crippen LogP contribution in [0.15, 0.2) is 29.6 Å². The number of fused-ring (bicyclic) bond motifs is 1. The van der Waals surface area contributed by atoms with E-state index in [2.05, 4.69) is 41.9 Å². The molecule has 2 nitrogen and oxygen atoms in total. The summed E-state index contributed by atoms with van der Waals surface area (Å²) in [7, 11) is 1.75. The van der Waals surface area contributed by atoms with Crippen LogP contribution < -0.4 is 5.32 Å². The normalized spacial score (nSPS) is 13.1. The van der Waals surface area contributed by atoms with Crippen molar-refractivity contribution in [1.82, 2.24) is 5.32 Å². The molecule has 0 aliphatic rings. The third-order valence-corrected chi connectivity index (χ3v) is 3.83. The summed E-state index contributed by atoms with van der Waals surface area (Å²) in [5.74, 6) is 0.560. The third kappa shape index (κ3) is 3.28. The standard InChI is InChI=1S/C14H19NOS/c1-11(9-16-2)7-15-8-12-10-17-14-6-4-3-5-13(12)14/h3-6,10-11,15H,7-9H2,1-2H3. The van der Waals surface area contributed by atoms with E-state index in [0.717, 1.165) is 19.7 Å². The van der Waals surface area contributed by atoms with Crippen molar-refractivity contribution in [3.63, 3.8) is 0 Å². The lowest BCUT2D eigenvalue weighted by Crippen LogP contribution is -2.23. The topological polar surface area (TPSA) is 21.3 Å². The van der Waals surface area contributed by atoms with E-state index in [-0.39, 0.29) is 0 Å². The van der Waals surface area contributed by atoms with E-state index in [4.69, 9.17) is 4.74 Å². The van der Waals surface area contributed by atoms with Crippen molar-refractivity contribution in [2.45, 2.75) is 13.5 Å². The van der Waals surface area contributed by atoms with Gasteiger partial charge in [0.15, 0.2) is 0 Å². The van der Waals surface area contributed by atoms with E-state index in [1.807, 2.05) is 11.3 Å². The van der Waals surface area contributed by atoms with Crippen LogP contribution >= 0.6 is 11.3 Å². The number of nitrogens with one attached hydrogen (secondary N) is 1. The van der Waals surface area contributed by atoms with Gasteiger partial charge >= 0.3 is 0 Å². The molecule has 1 N–H and O–H groups in total. The summed E-state index contributed by atoms with van der Waals surface area (Å²) in [5.41, 5.74) is 1.40. The van der Waals surface area contributed by atoms with E-state index < -0.39 is 0 Å². The Kier molecular flexibility index (Phi) is 4.54. The minimum atomic E-state index is 0.560. The molecular formula is C14H19NOS. The van der Waals surface area contributed by atoms with Gasteiger partial charge in [-0.25, -0.2) is 0 Å². The van der Waals surface area contributed by atoms with Crippen molar-refractivity contribution < 1.29 is 4.74 Å². The SMILES string of the molecule is COCC(C)CNCc1csc2ccccc12. The van der Waals surface area contributed by atoms with Gasteiger partial charge in [-0.3, -0.25) is 0 Å². The predicted octanol–water partition coefficient (Wildman–Crippen LogP) is 3.27. The smallest absolute Gasteiger partial charge is 0.0499 e. The first-order valence-corrected chi connectivity index (χ1v) is 6.84. The van der Waals surface area contributed by atoms with E-state index in [0.29, 0.717) is 5.92 Å². The zero-order valence-electron chi connectivity index (χ0n) is 10.4. The summed E-state index contributed by atoms with van der Waals surface area (Å²) in [4.78, 5) is 0. The van der Waals surface area contributed by atoms with E-state index in [1.54, 1.807) is 7.11 Å². The predicted molar refractivity (Wildman–Crippen MR) is 74.6 cm³/mol. The fourth-order valence-corrected chi connectivity index (χ4v) is 2.93. The van der Waals surface area contributed by atoms with Crippen LogP contribution in [0.2, 0.25) is 0 Å². The Bertz CT molecular complexity index is 466. The second kappa shape index (κ2) is 6.15. The molecule has 1 aromatic carbocycles. The van der Waals surface area contributed by atoms with Crippen LogP contribution in [0.25, 0.3) is 10.1 Å². The number of thiophene rings is 1. The quantitative estimate of drug-likeness (QED) is 0.848. The lowest BCUT2D eigenvalue weighted by molar-refractivity contribution is 0.158. The van der Waals surface area contributed by atoms with Crippen molar-refractivity contribution in [3.8, 4) is 0 Å². The highest BCUT2D eigenvalue weighted by Crippen LogP contribution is 2.25. The fraction of sp³-hybridized carbons (Fsp3) is 0.429. The summed E-state index contributed by atoms with van der Waals surface area (Å²) < 4.78 is 6.49. The van der Waals surface area contributed by atoms with E-state index in [1.165, 1.54) is 15.6 Å². The van der Waals surface area contributed by atoms with Crippen LogP contribution in [0, 0.1) is 5.92 Å². The van der Waals surface area contributed by atoms with Crippen molar-refractivity contribution in [1.29, 1.82) is 0 Å². The fourth-order valence-electron chi connectivity index (χ4n) is 1.97. The molecule has 17 heavy (non-hydrogen) atoms. The molecule has 1 heterocycles. The molecule has 92 valence electrons. The molecule has 0 aliphatic carbocycles. The first-order chi connectivity index (χ1) is 8.31. The third-order valence-electron chi connectivity index (χ3n) is 2.82. The second-order valence-electron chi connectivity index (χ2n) is 4.45. The van der Waals surface area contributed by atoms with Gasteiger partial charge in [0.1, 0.15) is 0 Å². The van der Waals surface area contributed by atoms with Crippen molar-refractivity contribution in [2.75, 3.05) is 20.3 Å². The van der Waals surface area contributed by atoms with Gasteiger partial charge in [-0.05, 0) is 28.3 Å². The van der Waals surface area contributed by atoms with E-state index >= 15 is 0 Å². The van der Waals surface area contributed by atoms with Gasteiger partial charge in [0, 0.05) is 31.5 Å². The summed E-state index contributed by atoms with van der Waals surface area (Å²) in [6.07, 6.45) is 0. The minimum Gasteiger partial charge on any atom is -0.384 e. The highest BCUT2D eigenvalue weighted by atomic mass is 32.1. The number of benzene rings is 1. The Morgan fingerprint density at radius 3 is 3.00 bits per heavy atom. The van der Waals surface area contributed by atoms with Crippen molar-refractivity contribution in [2.24, 2.45) is 5.92 Å². The summed E-state index contributed by atoms with van der Waals surface area (Å²) in [6.45, 7) is 4.95. The number of ether oxygens (including phenoxy) is 1. The molecule has 0 radical (unpaired) electrons. The summed E-state index contributed by atoms with van der Waals surface area (Å²) in [6, 6.07) is 8.57. The highest BCUT2D eigenvalue weighted by Gasteiger charge is 2.04. The molecule has 0 saturated heterocycles. The largest absolute Gasteiger partial charge is 0.384 e. The average molecular weight is 249 g/mol. The molecule has 3 heteroatoms. The number of hydrogen-bond donors (Lipinski definition) is 1. The van der Waals surface area contributed by atoms with Crippen LogP contribution in [0.5, 0.6) is 0 Å². The van der Waals surface area contributed by atoms with Crippen LogP contribution in [-0.4, -0.2) is 20.3 Å². The van der Waals surface area contributed by atoms with Crippen LogP contribution in [0.4, 0.5) is 0 Å². The molecular weight excluding hydrogens is 230 g/mol. The zero-order chi connectivity index (χ0) is 12.1. The van der Waals surface area contributed by atoms with Gasteiger partial charge in [-0.2, -0.15) is 0 Å². The Balaban J connectivity index is 1.91. The molecule has 0 bridgehead atoms. The Hall–Kier alpha value is -0.900. The Morgan fingerprint density at radius 1 is 1.35 bits per heavy atom. The van der Waals surface area contributed by atoms with Crippen LogP contribution in [-0.2, 0) is 11.3 Å². The molecule has 1 atom stereocenters. The van der Waals surface area contributed by atoms with Crippen molar-refractivity contribution >= 4 is 21.4 Å². The Labute approximate surface area is 107 Å². The first-order valence-electron chi connectivity index (χ1n) is 5.96. The molecule has 0 saturated carbocycles. The lowest BCUT2D eigenvalue weighted by atomic mass is 10.1. The zero-order valence-corrected chi connectivity index (χ0v) is 11.2. The minimum absolute atomic E-state index is 0.560. The number of hydrogen-bond acceptors (Lipinski definition) is 3. The van der Waals surface area contributed by atoms with Gasteiger partial charge in [-0.15, -0.1) is 11.3 Å². The summed E-state index contributed by atoms with van der Waals surface area (Å²) >= 11 is 1.82. The molecule has 0 aliphatic heterocycles. The highest BCUT2D eigenvalue weighted by molar-refractivity contribution is 7.17. The van der Waals surface area contributed by atoms with Crippen LogP contribution in [0.3, 0.4) is 0 Å². The molecule has 2 aromatic rings. The van der Waals surface area contributed by atoms with E-state index in [9.17, 15) is 0 Å². The lowest BCUT2D eigenvalue weighted by Gasteiger charge is -2.10. The molecule has 0 fully saturated rings. The molecule has 2 rings (SSSR count). The first kappa shape index (κ1) is 12.6. The second-order valence-corrected chi connectivity index (χ2v) is 5.36.